The van der Waals surface area contributed by atoms with Gasteiger partial charge in [-0.25, -0.2) is 19.3 Å². The van der Waals surface area contributed by atoms with E-state index in [1.54, 1.807) is 69.7 Å². The molecule has 6 N–H and O–H groups in total. The third-order valence-corrected chi connectivity index (χ3v) is 11.6. The summed E-state index contributed by atoms with van der Waals surface area (Å²) in [6.45, 7) is 8.83. The Morgan fingerprint density at radius 3 is 1.99 bits per heavy atom. The van der Waals surface area contributed by atoms with Gasteiger partial charge in [-0.3, -0.25) is 53.7 Å². The summed E-state index contributed by atoms with van der Waals surface area (Å²) in [5, 5.41) is 20.3. The number of rotatable bonds is 20. The third kappa shape index (κ3) is 10.4. The van der Waals surface area contributed by atoms with Crippen LogP contribution in [0, 0.1) is 13.8 Å². The summed E-state index contributed by atoms with van der Waals surface area (Å²) >= 11 is 0. The number of benzene rings is 2. The SMILES string of the molecule is CCn1nc(C)cc1C(=O)Nc1nc2cc(S(N)=O)ccc2n1C/C=C/Cn1c(NC(=O)c2cc(C)nn2CC)nc2cc(C(N)=O)cc(OCCCN(C)C(=O)CCN3C(=O)C=CC3=O)c21. The first-order chi connectivity index (χ1) is 32.1. The monoisotopic (exact) mass is 934 g/mol. The van der Waals surface area contributed by atoms with Gasteiger partial charge in [-0.05, 0) is 76.6 Å². The maximum atomic E-state index is 13.8. The van der Waals surface area contributed by atoms with Gasteiger partial charge in [-0.2, -0.15) is 10.2 Å². The maximum Gasteiger partial charge on any atom is 0.276 e. The molecule has 7 rings (SSSR count). The highest BCUT2D eigenvalue weighted by molar-refractivity contribution is 7.82. The van der Waals surface area contributed by atoms with Crippen molar-refractivity contribution in [3.63, 3.8) is 0 Å². The number of allylic oxidation sites excluding steroid dienone is 2. The molecular weight excluding hydrogens is 885 g/mol. The molecule has 23 heteroatoms. The second-order valence-electron chi connectivity index (χ2n) is 15.5. The summed E-state index contributed by atoms with van der Waals surface area (Å²) in [5.41, 5.74) is 9.61. The van der Waals surface area contributed by atoms with Gasteiger partial charge in [0, 0.05) is 70.5 Å². The molecule has 2 aromatic carbocycles. The van der Waals surface area contributed by atoms with Crippen molar-refractivity contribution in [3.05, 3.63) is 95.1 Å². The molecule has 0 saturated carbocycles. The lowest BCUT2D eigenvalue weighted by Gasteiger charge is -2.19. The largest absolute Gasteiger partial charge is 0.491 e. The Morgan fingerprint density at radius 2 is 1.40 bits per heavy atom. The van der Waals surface area contributed by atoms with Crippen LogP contribution in [-0.4, -0.2) is 115 Å². The van der Waals surface area contributed by atoms with Crippen LogP contribution < -0.4 is 26.2 Å². The van der Waals surface area contributed by atoms with Gasteiger partial charge in [0.15, 0.2) is 0 Å². The van der Waals surface area contributed by atoms with Crippen LogP contribution in [0.2, 0.25) is 0 Å². The van der Waals surface area contributed by atoms with Crippen LogP contribution in [0.15, 0.2) is 71.7 Å². The number of hydrogen-bond acceptors (Lipinski definition) is 12. The lowest BCUT2D eigenvalue weighted by Crippen LogP contribution is -2.36. The molecule has 5 heterocycles. The molecule has 22 nitrogen and oxygen atoms in total. The fraction of sp³-hybridized carbons (Fsp3) is 0.318. The van der Waals surface area contributed by atoms with E-state index in [0.29, 0.717) is 69.2 Å². The Hall–Kier alpha value is -7.79. The molecule has 1 atom stereocenters. The topological polar surface area (TPSA) is 283 Å². The number of fused-ring (bicyclic) bond motifs is 2. The average molecular weight is 935 g/mol. The minimum absolute atomic E-state index is 0.0404. The Labute approximate surface area is 386 Å². The number of carbonyl (C=O) groups excluding carboxylic acids is 6. The molecule has 67 heavy (non-hydrogen) atoms. The van der Waals surface area contributed by atoms with E-state index in [-0.39, 0.29) is 68.3 Å². The number of imidazole rings is 2. The second-order valence-corrected chi connectivity index (χ2v) is 16.6. The number of imide groups is 1. The molecule has 0 aliphatic carbocycles. The Bertz CT molecular complexity index is 3010. The third-order valence-electron chi connectivity index (χ3n) is 10.9. The van der Waals surface area contributed by atoms with Gasteiger partial charge >= 0.3 is 0 Å². The number of primary amides is 1. The molecule has 6 amide bonds. The lowest BCUT2D eigenvalue weighted by atomic mass is 10.1. The van der Waals surface area contributed by atoms with E-state index in [2.05, 4.69) is 25.8 Å². The number of amides is 6. The molecular formula is C44H50N14O8S. The van der Waals surface area contributed by atoms with Crippen molar-refractivity contribution in [2.24, 2.45) is 10.9 Å². The first-order valence-corrected chi connectivity index (χ1v) is 22.6. The predicted octanol–water partition coefficient (Wildman–Crippen LogP) is 2.82. The van der Waals surface area contributed by atoms with Crippen molar-refractivity contribution in [1.82, 2.24) is 48.5 Å². The van der Waals surface area contributed by atoms with Gasteiger partial charge in [0.25, 0.3) is 23.6 Å². The minimum Gasteiger partial charge on any atom is -0.491 e. The zero-order valence-corrected chi connectivity index (χ0v) is 38.3. The van der Waals surface area contributed by atoms with Gasteiger partial charge in [-0.1, -0.05) is 12.2 Å². The first-order valence-electron chi connectivity index (χ1n) is 21.3. The number of aryl methyl sites for hydroxylation is 4. The molecule has 0 fully saturated rings. The highest BCUT2D eigenvalue weighted by atomic mass is 32.2. The molecule has 0 bridgehead atoms. The molecule has 1 unspecified atom stereocenters. The summed E-state index contributed by atoms with van der Waals surface area (Å²) in [5.74, 6) is -2.28. The number of nitrogens with two attached hydrogens (primary N) is 2. The molecule has 0 radical (unpaired) electrons. The maximum absolute atomic E-state index is 13.8. The summed E-state index contributed by atoms with van der Waals surface area (Å²) in [7, 11) is -0.171. The van der Waals surface area contributed by atoms with Crippen LogP contribution in [-0.2, 0) is 51.5 Å². The minimum atomic E-state index is -1.78. The molecule has 1 aliphatic heterocycles. The molecule has 6 aromatic rings. The normalized spacial score (nSPS) is 13.1. The number of nitrogens with one attached hydrogen (secondary N) is 2. The standard InChI is InChI=1S/C44H50N14O8S/c1-6-57-33(21-26(3)51-57)41(63)49-43-47-30-25-29(67(46)65)11-12-32(30)54(43)17-8-9-18-56-39-31(48-44(56)50-42(64)34-22-27(4)52-58(34)7-2)23-28(40(45)62)24-35(39)66-20-10-16-53(5)36(59)15-19-55-37(60)13-14-38(55)61/h8-9,11-14,21-25H,6-7,10,15-20,46H2,1-5H3,(H2,45,62)(H,47,49,63)(H,48,50,64)/b9-8+. The summed E-state index contributed by atoms with van der Waals surface area (Å²) in [6.07, 6.45) is 6.29. The Balaban J connectivity index is 1.17. The number of nitrogens with zero attached hydrogens (tertiary/aromatic N) is 10. The molecule has 0 spiro atoms. The van der Waals surface area contributed by atoms with Crippen molar-refractivity contribution < 1.29 is 37.7 Å². The van der Waals surface area contributed by atoms with Crippen molar-refractivity contribution in [2.75, 3.05) is 37.4 Å². The van der Waals surface area contributed by atoms with Gasteiger partial charge in [-0.15, -0.1) is 0 Å². The van der Waals surface area contributed by atoms with E-state index in [1.807, 2.05) is 26.0 Å². The van der Waals surface area contributed by atoms with Crippen molar-refractivity contribution in [3.8, 4) is 5.75 Å². The van der Waals surface area contributed by atoms with E-state index >= 15 is 0 Å². The average Bonchev–Trinajstić information content (AvgIpc) is 4.12. The number of anilines is 2. The fourth-order valence-electron chi connectivity index (χ4n) is 7.56. The van der Waals surface area contributed by atoms with Gasteiger partial charge in [0.2, 0.25) is 23.7 Å². The molecule has 0 saturated heterocycles. The molecule has 4 aromatic heterocycles. The van der Waals surface area contributed by atoms with E-state index < -0.39 is 40.5 Å². The van der Waals surface area contributed by atoms with Crippen LogP contribution in [0.5, 0.6) is 5.75 Å². The zero-order valence-electron chi connectivity index (χ0n) is 37.5. The lowest BCUT2D eigenvalue weighted by molar-refractivity contribution is -0.138. The number of aromatic nitrogens is 8. The van der Waals surface area contributed by atoms with E-state index in [4.69, 9.17) is 20.6 Å². The van der Waals surface area contributed by atoms with E-state index in [0.717, 1.165) is 4.90 Å². The van der Waals surface area contributed by atoms with Crippen LogP contribution in [0.25, 0.3) is 22.1 Å². The zero-order chi connectivity index (χ0) is 48.1. The van der Waals surface area contributed by atoms with Gasteiger partial charge < -0.3 is 24.5 Å². The van der Waals surface area contributed by atoms with Crippen LogP contribution in [0.1, 0.15) is 69.4 Å². The smallest absolute Gasteiger partial charge is 0.276 e. The summed E-state index contributed by atoms with van der Waals surface area (Å²) < 4.78 is 25.1. The molecule has 1 aliphatic rings. The van der Waals surface area contributed by atoms with Gasteiger partial charge in [0.1, 0.15) is 33.6 Å². The molecule has 350 valence electrons. The van der Waals surface area contributed by atoms with E-state index in [1.165, 1.54) is 29.2 Å². The van der Waals surface area contributed by atoms with Crippen molar-refractivity contribution >= 4 is 80.4 Å². The highest BCUT2D eigenvalue weighted by Crippen LogP contribution is 2.32. The quantitative estimate of drug-likeness (QED) is 0.0489. The summed E-state index contributed by atoms with van der Waals surface area (Å²) in [4.78, 5) is 88.9. The highest BCUT2D eigenvalue weighted by Gasteiger charge is 2.25. The fourth-order valence-corrected chi connectivity index (χ4v) is 7.99. The first kappa shape index (κ1) is 47.2. The Morgan fingerprint density at radius 1 is 0.821 bits per heavy atom. The van der Waals surface area contributed by atoms with E-state index in [9.17, 15) is 33.0 Å². The Kier molecular flexibility index (Phi) is 14.2. The summed E-state index contributed by atoms with van der Waals surface area (Å²) in [6, 6.07) is 11.3. The second kappa shape index (κ2) is 20.2. The number of carbonyl (C=O) groups is 6. The predicted molar refractivity (Wildman–Crippen MR) is 247 cm³/mol. The van der Waals surface area contributed by atoms with Crippen molar-refractivity contribution in [1.29, 1.82) is 0 Å². The number of ether oxygens (including phenoxy) is 1. The number of hydrogen-bond donors (Lipinski definition) is 4. The van der Waals surface area contributed by atoms with Crippen molar-refractivity contribution in [2.45, 2.75) is 71.6 Å². The van der Waals surface area contributed by atoms with Crippen LogP contribution in [0.3, 0.4) is 0 Å². The van der Waals surface area contributed by atoms with Crippen LogP contribution >= 0.6 is 0 Å². The van der Waals surface area contributed by atoms with Crippen LogP contribution in [0.4, 0.5) is 11.9 Å². The van der Waals surface area contributed by atoms with Gasteiger partial charge in [0.05, 0.1) is 39.4 Å².